The van der Waals surface area contributed by atoms with Crippen molar-refractivity contribution in [1.29, 1.82) is 0 Å². The summed E-state index contributed by atoms with van der Waals surface area (Å²) in [6.45, 7) is 9.18. The second kappa shape index (κ2) is 4.56. The highest BCUT2D eigenvalue weighted by Gasteiger charge is 2.17. The molecule has 1 aliphatic rings. The van der Waals surface area contributed by atoms with Crippen molar-refractivity contribution in [2.75, 3.05) is 13.2 Å². The molecule has 86 valence electrons. The van der Waals surface area contributed by atoms with E-state index in [1.165, 1.54) is 11.1 Å². The van der Waals surface area contributed by atoms with Gasteiger partial charge < -0.3 is 4.90 Å². The zero-order valence-electron chi connectivity index (χ0n) is 10.3. The van der Waals surface area contributed by atoms with E-state index in [9.17, 15) is 0 Å². The Kier molecular flexibility index (Phi) is 3.13. The van der Waals surface area contributed by atoms with E-state index in [4.69, 9.17) is 0 Å². The van der Waals surface area contributed by atoms with Crippen LogP contribution in [0.5, 0.6) is 0 Å². The average molecular weight is 217 g/mol. The predicted octanol–water partition coefficient (Wildman–Crippen LogP) is 2.42. The van der Waals surface area contributed by atoms with Crippen molar-refractivity contribution in [3.63, 3.8) is 0 Å². The smallest absolute Gasteiger partial charge is 0.123 e. The molecular weight excluding hydrogens is 198 g/mol. The number of benzene rings is 1. The maximum atomic E-state index is 4.53. The first-order chi connectivity index (χ1) is 7.69. The van der Waals surface area contributed by atoms with Crippen LogP contribution in [0.3, 0.4) is 0 Å². The Balaban J connectivity index is 1.99. The van der Waals surface area contributed by atoms with Crippen molar-refractivity contribution in [2.45, 2.75) is 27.3 Å². The molecule has 0 aliphatic carbocycles. The lowest BCUT2D eigenvalue weighted by molar-refractivity contribution is 0.231. The van der Waals surface area contributed by atoms with Crippen molar-refractivity contribution in [3.8, 4) is 0 Å². The van der Waals surface area contributed by atoms with Crippen LogP contribution in [-0.4, -0.2) is 29.0 Å². The Hall–Kier alpha value is -1.51. The highest BCUT2D eigenvalue weighted by atomic mass is 15.6. The molecule has 0 atom stereocenters. The third-order valence-corrected chi connectivity index (χ3v) is 2.95. The molecule has 1 aliphatic heterocycles. The summed E-state index contributed by atoms with van der Waals surface area (Å²) in [6.07, 6.45) is 0. The molecule has 0 amide bonds. The van der Waals surface area contributed by atoms with Crippen molar-refractivity contribution >= 4 is 5.84 Å². The van der Waals surface area contributed by atoms with E-state index in [1.54, 1.807) is 0 Å². The fourth-order valence-corrected chi connectivity index (χ4v) is 1.92. The summed E-state index contributed by atoms with van der Waals surface area (Å²) in [4.78, 5) is 2.27. The molecule has 0 spiro atoms. The molecule has 0 bridgehead atoms. The van der Waals surface area contributed by atoms with Crippen LogP contribution in [0.25, 0.3) is 0 Å². The number of hydrogen-bond donors (Lipinski definition) is 0. The molecule has 0 unspecified atom stereocenters. The van der Waals surface area contributed by atoms with Gasteiger partial charge in [0, 0.05) is 6.54 Å². The van der Waals surface area contributed by atoms with Crippen LogP contribution in [0.15, 0.2) is 29.4 Å². The fraction of sp³-hybridized carbons (Fsp3) is 0.462. The van der Waals surface area contributed by atoms with Crippen LogP contribution in [0.2, 0.25) is 0 Å². The molecule has 1 aromatic carbocycles. The Morgan fingerprint density at radius 1 is 1.19 bits per heavy atom. The van der Waals surface area contributed by atoms with Gasteiger partial charge in [0.25, 0.3) is 0 Å². The Morgan fingerprint density at radius 2 is 1.88 bits per heavy atom. The molecular formula is C13H19N3. The van der Waals surface area contributed by atoms with Crippen molar-refractivity contribution < 1.29 is 0 Å². The van der Waals surface area contributed by atoms with E-state index >= 15 is 0 Å². The minimum atomic E-state index is 0.897. The van der Waals surface area contributed by atoms with Crippen LogP contribution < -0.4 is 0 Å². The lowest BCUT2D eigenvalue weighted by Gasteiger charge is -2.18. The Morgan fingerprint density at radius 3 is 2.44 bits per heavy atom. The molecule has 1 aromatic rings. The Bertz CT molecular complexity index is 381. The van der Waals surface area contributed by atoms with Gasteiger partial charge in [-0.15, -0.1) is 0 Å². The van der Waals surface area contributed by atoms with Gasteiger partial charge in [-0.1, -0.05) is 29.8 Å². The van der Waals surface area contributed by atoms with Crippen molar-refractivity contribution in [2.24, 2.45) is 5.10 Å². The van der Waals surface area contributed by atoms with Gasteiger partial charge in [-0.3, -0.25) is 5.01 Å². The van der Waals surface area contributed by atoms with Gasteiger partial charge in [0.15, 0.2) is 0 Å². The second-order valence-corrected chi connectivity index (χ2v) is 4.29. The predicted molar refractivity (Wildman–Crippen MR) is 67.1 cm³/mol. The molecule has 1 heterocycles. The quantitative estimate of drug-likeness (QED) is 0.774. The van der Waals surface area contributed by atoms with Crippen LogP contribution in [-0.2, 0) is 6.54 Å². The Labute approximate surface area is 97.4 Å². The van der Waals surface area contributed by atoms with Gasteiger partial charge in [-0.25, -0.2) is 0 Å². The zero-order chi connectivity index (χ0) is 11.5. The number of aryl methyl sites for hydroxylation is 1. The van der Waals surface area contributed by atoms with Gasteiger partial charge in [0.1, 0.15) is 12.5 Å². The second-order valence-electron chi connectivity index (χ2n) is 4.29. The first kappa shape index (κ1) is 11.0. The van der Waals surface area contributed by atoms with Crippen molar-refractivity contribution in [3.05, 3.63) is 35.4 Å². The third kappa shape index (κ3) is 2.35. The molecule has 3 nitrogen and oxygen atoms in total. The molecule has 0 aromatic heterocycles. The SMILES string of the molecule is CCN1CN(Cc2ccc(C)cc2)N=C1C. The van der Waals surface area contributed by atoms with Gasteiger partial charge >= 0.3 is 0 Å². The molecule has 3 heteroatoms. The highest BCUT2D eigenvalue weighted by molar-refractivity contribution is 5.80. The molecule has 0 radical (unpaired) electrons. The van der Waals surface area contributed by atoms with Gasteiger partial charge in [0.05, 0.1) is 6.54 Å². The summed E-state index contributed by atoms with van der Waals surface area (Å²) in [6, 6.07) is 8.66. The first-order valence-corrected chi connectivity index (χ1v) is 5.79. The topological polar surface area (TPSA) is 18.8 Å². The van der Waals surface area contributed by atoms with Crippen molar-refractivity contribution in [1.82, 2.24) is 9.91 Å². The largest absolute Gasteiger partial charge is 0.340 e. The van der Waals surface area contributed by atoms with Crippen LogP contribution in [0, 0.1) is 6.92 Å². The number of hydrogen-bond acceptors (Lipinski definition) is 3. The summed E-state index contributed by atoms with van der Waals surface area (Å²) < 4.78 is 0. The van der Waals surface area contributed by atoms with Gasteiger partial charge in [-0.2, -0.15) is 5.10 Å². The normalized spacial score (nSPS) is 15.6. The third-order valence-electron chi connectivity index (χ3n) is 2.95. The van der Waals surface area contributed by atoms with E-state index in [0.717, 1.165) is 25.6 Å². The zero-order valence-corrected chi connectivity index (χ0v) is 10.3. The van der Waals surface area contributed by atoms with Crippen LogP contribution in [0.4, 0.5) is 0 Å². The van der Waals surface area contributed by atoms with Gasteiger partial charge in [-0.05, 0) is 26.3 Å². The van der Waals surface area contributed by atoms with E-state index in [0.29, 0.717) is 0 Å². The van der Waals surface area contributed by atoms with Gasteiger partial charge in [0.2, 0.25) is 0 Å². The molecule has 2 rings (SSSR count). The van der Waals surface area contributed by atoms with E-state index < -0.39 is 0 Å². The summed E-state index contributed by atoms with van der Waals surface area (Å²) in [5, 5.41) is 6.65. The summed E-state index contributed by atoms with van der Waals surface area (Å²) in [5.74, 6) is 1.12. The average Bonchev–Trinajstić information content (AvgIpc) is 2.62. The molecule has 0 fully saturated rings. The maximum absolute atomic E-state index is 4.53. The highest BCUT2D eigenvalue weighted by Crippen LogP contribution is 2.12. The fourth-order valence-electron chi connectivity index (χ4n) is 1.92. The maximum Gasteiger partial charge on any atom is 0.123 e. The van der Waals surface area contributed by atoms with E-state index in [1.807, 2.05) is 0 Å². The molecule has 0 saturated heterocycles. The minimum Gasteiger partial charge on any atom is -0.340 e. The van der Waals surface area contributed by atoms with E-state index in [-0.39, 0.29) is 0 Å². The number of hydrazone groups is 1. The summed E-state index contributed by atoms with van der Waals surface area (Å²) in [5.41, 5.74) is 2.63. The lowest BCUT2D eigenvalue weighted by Crippen LogP contribution is -2.29. The summed E-state index contributed by atoms with van der Waals surface area (Å²) in [7, 11) is 0. The first-order valence-electron chi connectivity index (χ1n) is 5.79. The van der Waals surface area contributed by atoms with E-state index in [2.05, 4.69) is 60.0 Å². The monoisotopic (exact) mass is 217 g/mol. The van der Waals surface area contributed by atoms with Crippen LogP contribution in [0.1, 0.15) is 25.0 Å². The lowest BCUT2D eigenvalue weighted by atomic mass is 10.1. The molecule has 16 heavy (non-hydrogen) atoms. The standard InChI is InChI=1S/C13H19N3/c1-4-15-10-16(14-12(15)3)9-13-7-5-11(2)6-8-13/h5-8H,4,9-10H2,1-3H3. The number of nitrogens with zero attached hydrogens (tertiary/aromatic N) is 3. The molecule has 0 saturated carbocycles. The number of amidine groups is 1. The number of rotatable bonds is 3. The summed E-state index contributed by atoms with van der Waals surface area (Å²) >= 11 is 0. The molecule has 0 N–H and O–H groups in total. The minimum absolute atomic E-state index is 0.897. The van der Waals surface area contributed by atoms with Crippen LogP contribution >= 0.6 is 0 Å².